The number of aromatic nitrogens is 2. The van der Waals surface area contributed by atoms with Crippen LogP contribution in [-0.2, 0) is 6.42 Å². The van der Waals surface area contributed by atoms with Gasteiger partial charge >= 0.3 is 0 Å². The van der Waals surface area contributed by atoms with E-state index in [1.54, 1.807) is 0 Å². The molecule has 0 saturated heterocycles. The average molecular weight is 287 g/mol. The third-order valence-corrected chi connectivity index (χ3v) is 5.06. The Morgan fingerprint density at radius 2 is 2.35 bits per heavy atom. The zero-order chi connectivity index (χ0) is 13.9. The predicted molar refractivity (Wildman–Crippen MR) is 84.3 cm³/mol. The highest BCUT2D eigenvalue weighted by molar-refractivity contribution is 7.15. The number of aryl methyl sites for hydroxylation is 2. The van der Waals surface area contributed by atoms with Crippen molar-refractivity contribution in [3.63, 3.8) is 0 Å². The smallest absolute Gasteiger partial charge is 0.142 e. The SMILES string of the molecule is CCNCC1CCCc2sc(-c3ncccc3C)nc21. The summed E-state index contributed by atoms with van der Waals surface area (Å²) in [4.78, 5) is 10.9. The summed E-state index contributed by atoms with van der Waals surface area (Å²) in [5.41, 5.74) is 3.58. The van der Waals surface area contributed by atoms with Crippen molar-refractivity contribution in [2.75, 3.05) is 13.1 Å². The summed E-state index contributed by atoms with van der Waals surface area (Å²) in [6.45, 7) is 6.35. The van der Waals surface area contributed by atoms with Crippen molar-refractivity contribution < 1.29 is 0 Å². The van der Waals surface area contributed by atoms with Gasteiger partial charge in [-0.1, -0.05) is 13.0 Å². The lowest BCUT2D eigenvalue weighted by Gasteiger charge is -2.21. The number of pyridine rings is 1. The quantitative estimate of drug-likeness (QED) is 0.934. The summed E-state index contributed by atoms with van der Waals surface area (Å²) in [5.74, 6) is 0.577. The molecule has 20 heavy (non-hydrogen) atoms. The molecule has 1 aliphatic rings. The summed E-state index contributed by atoms with van der Waals surface area (Å²) in [7, 11) is 0. The number of nitrogens with zero attached hydrogens (tertiary/aromatic N) is 2. The minimum absolute atomic E-state index is 0.577. The average Bonchev–Trinajstić information content (AvgIpc) is 2.89. The van der Waals surface area contributed by atoms with Crippen molar-refractivity contribution in [3.05, 3.63) is 34.5 Å². The highest BCUT2D eigenvalue weighted by Gasteiger charge is 2.25. The van der Waals surface area contributed by atoms with E-state index in [1.807, 2.05) is 23.6 Å². The maximum absolute atomic E-state index is 4.93. The molecule has 1 N–H and O–H groups in total. The lowest BCUT2D eigenvalue weighted by atomic mass is 9.91. The third kappa shape index (κ3) is 2.63. The lowest BCUT2D eigenvalue weighted by molar-refractivity contribution is 0.509. The molecule has 0 saturated carbocycles. The number of likely N-dealkylation sites (N-methyl/N-ethyl adjacent to an activating group) is 1. The van der Waals surface area contributed by atoms with E-state index in [9.17, 15) is 0 Å². The van der Waals surface area contributed by atoms with Crippen molar-refractivity contribution in [3.8, 4) is 10.7 Å². The van der Waals surface area contributed by atoms with Crippen LogP contribution in [0.3, 0.4) is 0 Å². The number of hydrogen-bond donors (Lipinski definition) is 1. The Morgan fingerprint density at radius 3 is 3.15 bits per heavy atom. The van der Waals surface area contributed by atoms with E-state index >= 15 is 0 Å². The van der Waals surface area contributed by atoms with Crippen molar-refractivity contribution in [2.24, 2.45) is 0 Å². The minimum Gasteiger partial charge on any atom is -0.316 e. The van der Waals surface area contributed by atoms with Gasteiger partial charge < -0.3 is 5.32 Å². The molecule has 2 aromatic rings. The van der Waals surface area contributed by atoms with E-state index in [1.165, 1.54) is 35.4 Å². The first-order valence-electron chi connectivity index (χ1n) is 7.42. The number of nitrogens with one attached hydrogen (secondary N) is 1. The molecule has 2 heterocycles. The fraction of sp³-hybridized carbons (Fsp3) is 0.500. The molecule has 0 fully saturated rings. The molecule has 1 unspecified atom stereocenters. The van der Waals surface area contributed by atoms with Crippen LogP contribution < -0.4 is 5.32 Å². The highest BCUT2D eigenvalue weighted by atomic mass is 32.1. The Morgan fingerprint density at radius 1 is 1.45 bits per heavy atom. The molecule has 106 valence electrons. The Hall–Kier alpha value is -1.26. The van der Waals surface area contributed by atoms with Gasteiger partial charge in [0.1, 0.15) is 10.7 Å². The van der Waals surface area contributed by atoms with Gasteiger partial charge in [0.2, 0.25) is 0 Å². The van der Waals surface area contributed by atoms with Gasteiger partial charge in [0.05, 0.1) is 5.69 Å². The molecule has 3 nitrogen and oxygen atoms in total. The maximum Gasteiger partial charge on any atom is 0.142 e. The number of rotatable bonds is 4. The Bertz CT molecular complexity index is 591. The Labute approximate surface area is 124 Å². The minimum atomic E-state index is 0.577. The first kappa shape index (κ1) is 13.7. The van der Waals surface area contributed by atoms with Crippen LogP contribution in [0.4, 0.5) is 0 Å². The molecule has 3 rings (SSSR count). The molecule has 0 amide bonds. The Balaban J connectivity index is 1.93. The van der Waals surface area contributed by atoms with Crippen molar-refractivity contribution >= 4 is 11.3 Å². The van der Waals surface area contributed by atoms with Gasteiger partial charge in [-0.3, -0.25) is 4.98 Å². The van der Waals surface area contributed by atoms with Crippen LogP contribution in [0.5, 0.6) is 0 Å². The summed E-state index contributed by atoms with van der Waals surface area (Å²) in [6.07, 6.45) is 5.58. The zero-order valence-electron chi connectivity index (χ0n) is 12.1. The second-order valence-corrected chi connectivity index (χ2v) is 6.48. The topological polar surface area (TPSA) is 37.8 Å². The van der Waals surface area contributed by atoms with E-state index in [-0.39, 0.29) is 0 Å². The van der Waals surface area contributed by atoms with Crippen LogP contribution in [0.15, 0.2) is 18.3 Å². The summed E-state index contributed by atoms with van der Waals surface area (Å²) in [5, 5.41) is 4.56. The highest BCUT2D eigenvalue weighted by Crippen LogP contribution is 2.38. The number of hydrogen-bond acceptors (Lipinski definition) is 4. The molecular formula is C16H21N3S. The van der Waals surface area contributed by atoms with E-state index in [4.69, 9.17) is 4.98 Å². The van der Waals surface area contributed by atoms with Gasteiger partial charge in [-0.25, -0.2) is 4.98 Å². The summed E-state index contributed by atoms with van der Waals surface area (Å²) >= 11 is 1.84. The molecule has 0 aromatic carbocycles. The van der Waals surface area contributed by atoms with Gasteiger partial charge in [0.15, 0.2) is 0 Å². The molecular weight excluding hydrogens is 266 g/mol. The Kier molecular flexibility index (Phi) is 4.13. The van der Waals surface area contributed by atoms with Gasteiger partial charge in [-0.15, -0.1) is 11.3 Å². The first-order chi connectivity index (χ1) is 9.79. The predicted octanol–water partition coefficient (Wildman–Crippen LogP) is 3.54. The monoisotopic (exact) mass is 287 g/mol. The first-order valence-corrected chi connectivity index (χ1v) is 8.23. The molecule has 0 spiro atoms. The van der Waals surface area contributed by atoms with Gasteiger partial charge in [0.25, 0.3) is 0 Å². The van der Waals surface area contributed by atoms with E-state index in [2.05, 4.69) is 30.2 Å². The lowest BCUT2D eigenvalue weighted by Crippen LogP contribution is -2.23. The molecule has 0 bridgehead atoms. The van der Waals surface area contributed by atoms with Crippen LogP contribution in [-0.4, -0.2) is 23.1 Å². The second kappa shape index (κ2) is 6.02. The van der Waals surface area contributed by atoms with Gasteiger partial charge in [-0.2, -0.15) is 0 Å². The molecule has 1 aliphatic carbocycles. The second-order valence-electron chi connectivity index (χ2n) is 5.39. The summed E-state index contributed by atoms with van der Waals surface area (Å²) in [6, 6.07) is 4.10. The van der Waals surface area contributed by atoms with Crippen LogP contribution in [0.25, 0.3) is 10.7 Å². The van der Waals surface area contributed by atoms with E-state index in [0.717, 1.165) is 23.8 Å². The number of thiazole rings is 1. The number of fused-ring (bicyclic) bond motifs is 1. The maximum atomic E-state index is 4.93. The van der Waals surface area contributed by atoms with Crippen LogP contribution in [0, 0.1) is 6.92 Å². The zero-order valence-corrected chi connectivity index (χ0v) is 13.0. The largest absolute Gasteiger partial charge is 0.316 e. The van der Waals surface area contributed by atoms with Gasteiger partial charge in [-0.05, 0) is 44.4 Å². The molecule has 1 atom stereocenters. The van der Waals surface area contributed by atoms with E-state index in [0.29, 0.717) is 5.92 Å². The standard InChI is InChI=1S/C16H21N3S/c1-3-17-10-12-7-4-8-13-15(12)19-16(20-13)14-11(2)6-5-9-18-14/h5-6,9,12,17H,3-4,7-8,10H2,1-2H3. The van der Waals surface area contributed by atoms with Crippen LogP contribution in [0.2, 0.25) is 0 Å². The van der Waals surface area contributed by atoms with Crippen molar-refractivity contribution in [1.29, 1.82) is 0 Å². The normalized spacial score (nSPS) is 18.0. The summed E-state index contributed by atoms with van der Waals surface area (Å²) < 4.78 is 0. The molecule has 0 radical (unpaired) electrons. The molecule has 4 heteroatoms. The van der Waals surface area contributed by atoms with Crippen LogP contribution >= 0.6 is 11.3 Å². The van der Waals surface area contributed by atoms with Crippen LogP contribution in [0.1, 0.15) is 41.8 Å². The van der Waals surface area contributed by atoms with Crippen molar-refractivity contribution in [2.45, 2.75) is 39.0 Å². The molecule has 0 aliphatic heterocycles. The fourth-order valence-corrected chi connectivity index (χ4v) is 4.09. The third-order valence-electron chi connectivity index (χ3n) is 3.92. The van der Waals surface area contributed by atoms with E-state index < -0.39 is 0 Å². The van der Waals surface area contributed by atoms with Gasteiger partial charge in [0, 0.05) is 23.5 Å². The van der Waals surface area contributed by atoms with Crippen molar-refractivity contribution in [1.82, 2.24) is 15.3 Å². The fourth-order valence-electron chi connectivity index (χ4n) is 2.84. The molecule has 2 aromatic heterocycles.